The molecular formula is C54H48Cl2F2N12O4S. The number of aromatic amines is 1. The van der Waals surface area contributed by atoms with Crippen molar-refractivity contribution < 1.29 is 26.8 Å². The van der Waals surface area contributed by atoms with Gasteiger partial charge in [0.15, 0.2) is 0 Å². The van der Waals surface area contributed by atoms with Gasteiger partial charge in [0.05, 0.1) is 55.4 Å². The van der Waals surface area contributed by atoms with Crippen molar-refractivity contribution in [3.05, 3.63) is 173 Å². The number of carbonyl (C=O) groups excluding carboxylic acids is 2. The summed E-state index contributed by atoms with van der Waals surface area (Å²) < 4.78 is 56.7. The SMILES string of the molecule is Nc1ccc(C(=O)N2CCC(Nc3ncc(Cl)c(-c4c[nH]c5ccccc45)n3)CC2)c(F)c1.Nc1ccc(C(=O)N2CCC(Nc3ncc(Cl)c(-c4cn(S(=O)(=O)c5ccccc5)c5ccccc45)n3)CC2)c(F)c1. The summed E-state index contributed by atoms with van der Waals surface area (Å²) >= 11 is 13.0. The predicted octanol–water partition coefficient (Wildman–Crippen LogP) is 10.1. The predicted molar refractivity (Wildman–Crippen MR) is 288 cm³/mol. The van der Waals surface area contributed by atoms with E-state index in [0.29, 0.717) is 102 Å². The van der Waals surface area contributed by atoms with E-state index in [0.717, 1.165) is 22.5 Å². The molecule has 21 heteroatoms. The third kappa shape index (κ3) is 10.6. The Labute approximate surface area is 439 Å². The van der Waals surface area contributed by atoms with Gasteiger partial charge in [-0.15, -0.1) is 0 Å². The minimum Gasteiger partial charge on any atom is -0.399 e. The summed E-state index contributed by atoms with van der Waals surface area (Å²) in [6, 6.07) is 31.6. The summed E-state index contributed by atoms with van der Waals surface area (Å²) in [6.07, 6.45) is 9.07. The van der Waals surface area contributed by atoms with Gasteiger partial charge < -0.3 is 36.9 Å². The third-order valence-electron chi connectivity index (χ3n) is 13.2. The molecule has 2 saturated heterocycles. The molecule has 0 spiro atoms. The minimum atomic E-state index is -3.88. The Hall–Kier alpha value is -8.13. The van der Waals surface area contributed by atoms with Crippen LogP contribution in [-0.2, 0) is 10.0 Å². The number of hydrogen-bond donors (Lipinski definition) is 5. The van der Waals surface area contributed by atoms with E-state index in [1.54, 1.807) is 58.5 Å². The fourth-order valence-corrected chi connectivity index (χ4v) is 11.1. The van der Waals surface area contributed by atoms with Crippen molar-refractivity contribution in [3.63, 3.8) is 0 Å². The molecule has 5 aromatic carbocycles. The molecular weight excluding hydrogens is 1020 g/mol. The Kier molecular flexibility index (Phi) is 14.4. The van der Waals surface area contributed by atoms with Crippen LogP contribution in [0.2, 0.25) is 10.0 Å². The number of carbonyl (C=O) groups is 2. The van der Waals surface area contributed by atoms with E-state index in [4.69, 9.17) is 34.7 Å². The number of anilines is 4. The highest BCUT2D eigenvalue weighted by atomic mass is 35.5. The number of benzene rings is 5. The van der Waals surface area contributed by atoms with Gasteiger partial charge in [-0.05, 0) is 86.3 Å². The average Bonchev–Trinajstić information content (AvgIpc) is 4.03. The second-order valence-corrected chi connectivity index (χ2v) is 20.7. The van der Waals surface area contributed by atoms with Crippen LogP contribution in [0.15, 0.2) is 145 Å². The zero-order chi connectivity index (χ0) is 52.4. The normalized spacial score (nSPS) is 14.4. The largest absolute Gasteiger partial charge is 0.399 e. The van der Waals surface area contributed by atoms with Crippen LogP contribution < -0.4 is 22.1 Å². The number of aromatic nitrogens is 6. The summed E-state index contributed by atoms with van der Waals surface area (Å²) in [5.41, 5.74) is 15.8. The fraction of sp³-hybridized carbons (Fsp3) is 0.185. The first kappa shape index (κ1) is 50.4. The van der Waals surface area contributed by atoms with Crippen molar-refractivity contribution in [2.24, 2.45) is 0 Å². The molecule has 0 atom stereocenters. The number of hydrogen-bond acceptors (Lipinski definition) is 12. The molecule has 2 amide bonds. The third-order valence-corrected chi connectivity index (χ3v) is 15.5. The lowest BCUT2D eigenvalue weighted by atomic mass is 10.0. The van der Waals surface area contributed by atoms with Crippen molar-refractivity contribution in [3.8, 4) is 22.5 Å². The number of nitrogen functional groups attached to an aromatic ring is 2. The Morgan fingerprint density at radius 2 is 1.11 bits per heavy atom. The van der Waals surface area contributed by atoms with E-state index >= 15 is 0 Å². The number of nitrogens with zero attached hydrogens (tertiary/aromatic N) is 7. The van der Waals surface area contributed by atoms with E-state index in [9.17, 15) is 26.8 Å². The first-order valence-electron chi connectivity index (χ1n) is 24.0. The van der Waals surface area contributed by atoms with Gasteiger partial charge in [-0.2, -0.15) is 0 Å². The topological polar surface area (TPSA) is 223 Å². The Bertz CT molecular complexity index is 3720. The molecule has 0 saturated carbocycles. The molecule has 75 heavy (non-hydrogen) atoms. The number of piperidine rings is 2. The summed E-state index contributed by atoms with van der Waals surface area (Å²) in [5, 5.41) is 9.11. The molecule has 2 aliphatic rings. The van der Waals surface area contributed by atoms with Gasteiger partial charge in [-0.1, -0.05) is 77.8 Å². The lowest BCUT2D eigenvalue weighted by molar-refractivity contribution is 0.0705. The van der Waals surface area contributed by atoms with Gasteiger partial charge in [-0.25, -0.2) is 41.1 Å². The lowest BCUT2D eigenvalue weighted by Gasteiger charge is -2.32. The number of amides is 2. The minimum absolute atomic E-state index is 0.00488. The van der Waals surface area contributed by atoms with Crippen LogP contribution in [0.3, 0.4) is 0 Å². The average molecular weight is 1070 g/mol. The summed E-state index contributed by atoms with van der Waals surface area (Å²) in [4.78, 5) is 50.2. The number of nitrogens with one attached hydrogen (secondary N) is 3. The van der Waals surface area contributed by atoms with Crippen molar-refractivity contribution in [1.29, 1.82) is 0 Å². The van der Waals surface area contributed by atoms with Gasteiger partial charge in [-0.3, -0.25) is 9.59 Å². The van der Waals surface area contributed by atoms with Crippen molar-refractivity contribution in [2.45, 2.75) is 42.7 Å². The maximum Gasteiger partial charge on any atom is 0.268 e. The highest BCUT2D eigenvalue weighted by Gasteiger charge is 2.29. The zero-order valence-electron chi connectivity index (χ0n) is 39.9. The number of fused-ring (bicyclic) bond motifs is 2. The van der Waals surface area contributed by atoms with Crippen LogP contribution in [0.25, 0.3) is 44.3 Å². The van der Waals surface area contributed by atoms with E-state index in [2.05, 4.69) is 35.6 Å². The second-order valence-electron chi connectivity index (χ2n) is 18.1. The second kappa shape index (κ2) is 21.4. The molecule has 9 aromatic rings. The van der Waals surface area contributed by atoms with Crippen molar-refractivity contribution in [2.75, 3.05) is 48.3 Å². The van der Waals surface area contributed by atoms with E-state index in [1.807, 2.05) is 42.6 Å². The number of rotatable bonds is 10. The maximum absolute atomic E-state index is 14.3. The molecule has 4 aromatic heterocycles. The molecule has 0 unspecified atom stereocenters. The zero-order valence-corrected chi connectivity index (χ0v) is 42.3. The number of para-hydroxylation sites is 2. The molecule has 6 heterocycles. The number of likely N-dealkylation sites (tertiary alicyclic amines) is 2. The highest BCUT2D eigenvalue weighted by Crippen LogP contribution is 2.37. The van der Waals surface area contributed by atoms with Gasteiger partial charge >= 0.3 is 0 Å². The molecule has 0 bridgehead atoms. The molecule has 11 rings (SSSR count). The summed E-state index contributed by atoms with van der Waals surface area (Å²) in [5.74, 6) is -1.13. The maximum atomic E-state index is 14.3. The van der Waals surface area contributed by atoms with Crippen LogP contribution in [0, 0.1) is 11.6 Å². The number of H-pyrrole nitrogens is 1. The molecule has 2 aliphatic heterocycles. The Morgan fingerprint density at radius 3 is 1.64 bits per heavy atom. The lowest BCUT2D eigenvalue weighted by Crippen LogP contribution is -2.42. The molecule has 382 valence electrons. The highest BCUT2D eigenvalue weighted by molar-refractivity contribution is 7.90. The molecule has 16 nitrogen and oxygen atoms in total. The van der Waals surface area contributed by atoms with Crippen LogP contribution in [0.1, 0.15) is 46.4 Å². The fourth-order valence-electron chi connectivity index (χ4n) is 9.33. The van der Waals surface area contributed by atoms with Crippen LogP contribution in [0.4, 0.5) is 32.1 Å². The standard InChI is InChI=1S/C30H26ClFN6O3S.C24H22ClFN6O/c31-25-17-34-30(35-20-12-14-37(15-13-20)29(39)23-11-10-19(33)16-26(23)32)36-28(25)24-18-38(27-9-5-4-8-22(24)27)42(40,41)21-6-2-1-3-7-21;25-19-13-29-24(31-22(19)18-12-28-21-4-2-1-3-16(18)21)30-15-7-9-32(10-8-15)23(33)17-6-5-14(27)11-20(17)26/h1-11,16-18,20H,12-15,33H2,(H,34,35,36);1-6,11-13,15,28H,7-10,27H2,(H,29,30,31). The Balaban J connectivity index is 0.000000176. The smallest absolute Gasteiger partial charge is 0.268 e. The van der Waals surface area contributed by atoms with Crippen LogP contribution in [0.5, 0.6) is 0 Å². The van der Waals surface area contributed by atoms with Gasteiger partial charge in [0.25, 0.3) is 21.8 Å². The van der Waals surface area contributed by atoms with Gasteiger partial charge in [0.2, 0.25) is 11.9 Å². The first-order chi connectivity index (χ1) is 36.2. The summed E-state index contributed by atoms with van der Waals surface area (Å²) in [6.45, 7) is 1.85. The van der Waals surface area contributed by atoms with E-state index in [-0.39, 0.29) is 50.6 Å². The van der Waals surface area contributed by atoms with E-state index in [1.165, 1.54) is 46.7 Å². The summed E-state index contributed by atoms with van der Waals surface area (Å²) in [7, 11) is -3.88. The van der Waals surface area contributed by atoms with Crippen molar-refractivity contribution in [1.82, 2.24) is 38.7 Å². The van der Waals surface area contributed by atoms with E-state index < -0.39 is 21.7 Å². The molecule has 7 N–H and O–H groups in total. The first-order valence-corrected chi connectivity index (χ1v) is 26.2. The van der Waals surface area contributed by atoms with Crippen molar-refractivity contribution >= 4 is 90.1 Å². The number of halogens is 4. The van der Waals surface area contributed by atoms with Gasteiger partial charge in [0, 0.05) is 89.4 Å². The molecule has 0 radical (unpaired) electrons. The monoisotopic (exact) mass is 1070 g/mol. The van der Waals surface area contributed by atoms with Crippen LogP contribution in [-0.4, -0.2) is 97.2 Å². The molecule has 0 aliphatic carbocycles. The Morgan fingerprint density at radius 1 is 0.627 bits per heavy atom. The quantitative estimate of drug-likeness (QED) is 0.0807. The molecule has 2 fully saturated rings. The number of nitrogens with two attached hydrogens (primary N) is 2. The van der Waals surface area contributed by atoms with Crippen LogP contribution >= 0.6 is 23.2 Å². The van der Waals surface area contributed by atoms with Gasteiger partial charge in [0.1, 0.15) is 11.6 Å².